The monoisotopic (exact) mass is 474 g/mol. The van der Waals surface area contributed by atoms with Crippen LogP contribution in [0.3, 0.4) is 0 Å². The Morgan fingerprint density at radius 2 is 1.64 bits per heavy atom. The number of rotatable bonds is 3. The molecule has 0 spiro atoms. The third-order valence-electron chi connectivity index (χ3n) is 7.11. The number of fused-ring (bicyclic) bond motifs is 2. The molecule has 178 valence electrons. The van der Waals surface area contributed by atoms with Crippen molar-refractivity contribution in [2.24, 2.45) is 0 Å². The predicted molar refractivity (Wildman–Crippen MR) is 142 cm³/mol. The molecule has 0 saturated heterocycles. The Labute approximate surface area is 210 Å². The summed E-state index contributed by atoms with van der Waals surface area (Å²) < 4.78 is 5.75. The smallest absolute Gasteiger partial charge is 0.259 e. The van der Waals surface area contributed by atoms with Gasteiger partial charge in [0.1, 0.15) is 5.75 Å². The van der Waals surface area contributed by atoms with Crippen LogP contribution in [-0.4, -0.2) is 18.8 Å². The summed E-state index contributed by atoms with van der Waals surface area (Å²) in [4.78, 5) is 30.0. The summed E-state index contributed by atoms with van der Waals surface area (Å²) in [5, 5.41) is 5.40. The summed E-state index contributed by atoms with van der Waals surface area (Å²) >= 11 is 0. The van der Waals surface area contributed by atoms with Crippen LogP contribution >= 0.6 is 0 Å². The van der Waals surface area contributed by atoms with Crippen molar-refractivity contribution < 1.29 is 14.3 Å². The van der Waals surface area contributed by atoms with Crippen LogP contribution in [0, 0.1) is 0 Å². The Hall–Kier alpha value is -4.38. The molecule has 1 N–H and O–H groups in total. The van der Waals surface area contributed by atoms with Gasteiger partial charge in [-0.05, 0) is 47.9 Å². The van der Waals surface area contributed by atoms with Gasteiger partial charge in [0.2, 0.25) is 0 Å². The van der Waals surface area contributed by atoms with Gasteiger partial charge in [0.15, 0.2) is 5.78 Å². The molecule has 2 aliphatic rings. The average molecular weight is 475 g/mol. The largest absolute Gasteiger partial charge is 0.496 e. The van der Waals surface area contributed by atoms with E-state index in [1.165, 1.54) is 0 Å². The summed E-state index contributed by atoms with van der Waals surface area (Å²) in [5.74, 6) is 0.537. The maximum absolute atomic E-state index is 14.6. The normalized spacial score (nSPS) is 17.2. The minimum absolute atomic E-state index is 0.0585. The second-order valence-corrected chi connectivity index (χ2v) is 9.16. The predicted octanol–water partition coefficient (Wildman–Crippen LogP) is 6.67. The standard InChI is InChI=1S/C31H26N2O3/c1-36-28-19-7-4-13-23(28)30-29-25(16-9-18-27(29)34)32-24-15-5-6-17-26(24)33(30)31(35)22-14-8-11-20-10-2-3-12-21(20)22/h2-8,10-15,17,19,30,32H,9,16,18H2,1H3/t30-/m0/s1. The molecule has 0 bridgehead atoms. The van der Waals surface area contributed by atoms with Gasteiger partial charge < -0.3 is 10.1 Å². The van der Waals surface area contributed by atoms with Gasteiger partial charge in [-0.3, -0.25) is 14.5 Å². The van der Waals surface area contributed by atoms with Crippen LogP contribution in [0.5, 0.6) is 5.75 Å². The topological polar surface area (TPSA) is 58.6 Å². The van der Waals surface area contributed by atoms with Gasteiger partial charge in [-0.1, -0.05) is 66.7 Å². The second kappa shape index (κ2) is 9.00. The highest BCUT2D eigenvalue weighted by Gasteiger charge is 2.41. The van der Waals surface area contributed by atoms with Crippen LogP contribution in [0.15, 0.2) is 102 Å². The zero-order chi connectivity index (χ0) is 24.6. The highest BCUT2D eigenvalue weighted by Crippen LogP contribution is 2.47. The Kier molecular flexibility index (Phi) is 5.53. The summed E-state index contributed by atoms with van der Waals surface area (Å²) in [7, 11) is 1.62. The number of Topliss-reactive ketones (excluding diaryl/α,β-unsaturated/α-hetero) is 1. The van der Waals surface area contributed by atoms with Crippen molar-refractivity contribution in [3.63, 3.8) is 0 Å². The van der Waals surface area contributed by atoms with E-state index >= 15 is 0 Å². The maximum atomic E-state index is 14.6. The molecule has 0 aromatic heterocycles. The molecule has 5 heteroatoms. The zero-order valence-corrected chi connectivity index (χ0v) is 20.0. The number of carbonyl (C=O) groups is 2. The van der Waals surface area contributed by atoms with Crippen molar-refractivity contribution in [2.45, 2.75) is 25.3 Å². The molecule has 4 aromatic carbocycles. The van der Waals surface area contributed by atoms with E-state index in [9.17, 15) is 9.59 Å². The third kappa shape index (κ3) is 3.55. The van der Waals surface area contributed by atoms with Crippen LogP contribution in [-0.2, 0) is 4.79 Å². The van der Waals surface area contributed by atoms with Crippen LogP contribution < -0.4 is 15.0 Å². The van der Waals surface area contributed by atoms with Gasteiger partial charge in [0.25, 0.3) is 5.91 Å². The lowest BCUT2D eigenvalue weighted by atomic mass is 9.85. The number of allylic oxidation sites excluding steroid dienone is 1. The van der Waals surface area contributed by atoms with Gasteiger partial charge in [-0.2, -0.15) is 0 Å². The zero-order valence-electron chi connectivity index (χ0n) is 20.0. The van der Waals surface area contributed by atoms with Crippen LogP contribution in [0.25, 0.3) is 10.8 Å². The molecule has 0 unspecified atom stereocenters. The first-order chi connectivity index (χ1) is 17.7. The van der Waals surface area contributed by atoms with Gasteiger partial charge in [-0.25, -0.2) is 0 Å². The molecule has 1 aliphatic heterocycles. The highest BCUT2D eigenvalue weighted by molar-refractivity contribution is 6.17. The van der Waals surface area contributed by atoms with Gasteiger partial charge >= 0.3 is 0 Å². The molecule has 4 aromatic rings. The van der Waals surface area contributed by atoms with Crippen LogP contribution in [0.1, 0.15) is 41.2 Å². The highest BCUT2D eigenvalue weighted by atomic mass is 16.5. The van der Waals surface area contributed by atoms with Gasteiger partial charge in [-0.15, -0.1) is 0 Å². The number of nitrogens with one attached hydrogen (secondary N) is 1. The number of benzene rings is 4. The van der Waals surface area contributed by atoms with Crippen molar-refractivity contribution in [1.82, 2.24) is 0 Å². The van der Waals surface area contributed by atoms with Crippen LogP contribution in [0.2, 0.25) is 0 Å². The minimum Gasteiger partial charge on any atom is -0.496 e. The first-order valence-electron chi connectivity index (χ1n) is 12.2. The second-order valence-electron chi connectivity index (χ2n) is 9.16. The lowest BCUT2D eigenvalue weighted by Gasteiger charge is -2.34. The molecule has 1 heterocycles. The lowest BCUT2D eigenvalue weighted by Crippen LogP contribution is -2.38. The van der Waals surface area contributed by atoms with Crippen molar-refractivity contribution in [3.8, 4) is 5.75 Å². The van der Waals surface area contributed by atoms with Crippen molar-refractivity contribution in [2.75, 3.05) is 17.3 Å². The first kappa shape index (κ1) is 22.1. The number of ether oxygens (including phenoxy) is 1. The fraction of sp³-hybridized carbons (Fsp3) is 0.161. The van der Waals surface area contributed by atoms with E-state index in [1.54, 1.807) is 12.0 Å². The maximum Gasteiger partial charge on any atom is 0.259 e. The van der Waals surface area contributed by atoms with E-state index in [1.807, 2.05) is 91.0 Å². The number of hydrogen-bond donors (Lipinski definition) is 1. The van der Waals surface area contributed by atoms with E-state index in [-0.39, 0.29) is 11.7 Å². The molecule has 1 amide bonds. The van der Waals surface area contributed by atoms with Crippen LogP contribution in [0.4, 0.5) is 11.4 Å². The summed E-state index contributed by atoms with van der Waals surface area (Å²) in [5.41, 5.74) is 4.43. The minimum atomic E-state index is -0.633. The fourth-order valence-electron chi connectivity index (χ4n) is 5.49. The SMILES string of the molecule is COc1ccccc1[C@H]1C2=C(CCCC2=O)Nc2ccccc2N1C(=O)c1cccc2ccccc12. The summed E-state index contributed by atoms with van der Waals surface area (Å²) in [6.07, 6.45) is 1.99. The molecule has 1 aliphatic carbocycles. The lowest BCUT2D eigenvalue weighted by molar-refractivity contribution is -0.116. The molecule has 1 atom stereocenters. The summed E-state index contributed by atoms with van der Waals surface area (Å²) in [6, 6.07) is 28.5. The number of carbonyl (C=O) groups excluding carboxylic acids is 2. The molecular weight excluding hydrogens is 448 g/mol. The van der Waals surface area contributed by atoms with Crippen molar-refractivity contribution in [1.29, 1.82) is 0 Å². The molecule has 0 fully saturated rings. The number of ketones is 1. The quantitative estimate of drug-likeness (QED) is 0.360. The van der Waals surface area contributed by atoms with E-state index < -0.39 is 6.04 Å². The van der Waals surface area contributed by atoms with Crippen molar-refractivity contribution in [3.05, 3.63) is 113 Å². The number of nitrogens with zero attached hydrogens (tertiary/aromatic N) is 1. The van der Waals surface area contributed by atoms with E-state index in [0.29, 0.717) is 23.3 Å². The van der Waals surface area contributed by atoms with Gasteiger partial charge in [0, 0.05) is 28.8 Å². The fourth-order valence-corrected chi connectivity index (χ4v) is 5.49. The number of anilines is 2. The molecule has 0 radical (unpaired) electrons. The van der Waals surface area contributed by atoms with Crippen molar-refractivity contribution >= 4 is 33.8 Å². The molecule has 0 saturated carbocycles. The Morgan fingerprint density at radius 1 is 0.889 bits per heavy atom. The van der Waals surface area contributed by atoms with Gasteiger partial charge in [0.05, 0.1) is 24.5 Å². The molecular formula is C31H26N2O3. The number of amides is 1. The van der Waals surface area contributed by atoms with E-state index in [4.69, 9.17) is 4.74 Å². The number of para-hydroxylation sites is 3. The molecule has 5 nitrogen and oxygen atoms in total. The van der Waals surface area contributed by atoms with E-state index in [0.717, 1.165) is 46.2 Å². The Balaban J connectivity index is 1.66. The molecule has 6 rings (SSSR count). The Morgan fingerprint density at radius 3 is 2.53 bits per heavy atom. The van der Waals surface area contributed by atoms with E-state index in [2.05, 4.69) is 5.32 Å². The number of hydrogen-bond acceptors (Lipinski definition) is 4. The first-order valence-corrected chi connectivity index (χ1v) is 12.2. The molecule has 36 heavy (non-hydrogen) atoms. The summed E-state index contributed by atoms with van der Waals surface area (Å²) in [6.45, 7) is 0. The Bertz CT molecular complexity index is 1530. The third-order valence-corrected chi connectivity index (χ3v) is 7.11. The average Bonchev–Trinajstić information content (AvgIpc) is 3.07. The number of methoxy groups -OCH3 is 1.